The molecule has 0 radical (unpaired) electrons. The van der Waals surface area contributed by atoms with E-state index >= 15 is 0 Å². The summed E-state index contributed by atoms with van der Waals surface area (Å²) < 4.78 is 20.9. The van der Waals surface area contributed by atoms with Crippen LogP contribution in [0.25, 0.3) is 24.3 Å². The molecule has 0 spiro atoms. The molecule has 1 aliphatic heterocycles. The zero-order chi connectivity index (χ0) is 40.0. The Morgan fingerprint density at radius 1 is 0.554 bits per heavy atom. The number of ether oxygens (including phenoxy) is 4. The van der Waals surface area contributed by atoms with Crippen LogP contribution in [0.3, 0.4) is 0 Å². The van der Waals surface area contributed by atoms with Gasteiger partial charge in [0.25, 0.3) is 0 Å². The van der Waals surface area contributed by atoms with Crippen molar-refractivity contribution in [3.8, 4) is 0 Å². The van der Waals surface area contributed by atoms with E-state index in [9.17, 15) is 19.2 Å². The third-order valence-corrected chi connectivity index (χ3v) is 11.9. The van der Waals surface area contributed by atoms with Gasteiger partial charge >= 0.3 is 23.9 Å². The van der Waals surface area contributed by atoms with Gasteiger partial charge in [0.1, 0.15) is 0 Å². The third-order valence-electron chi connectivity index (χ3n) is 11.9. The second-order valence-corrected chi connectivity index (χ2v) is 15.2. The Kier molecular flexibility index (Phi) is 10.8. The lowest BCUT2D eigenvalue weighted by Crippen LogP contribution is -2.14. The van der Waals surface area contributed by atoms with Crippen LogP contribution in [0.4, 0.5) is 0 Å². The number of aromatic amines is 4. The van der Waals surface area contributed by atoms with Crippen molar-refractivity contribution < 1.29 is 38.1 Å². The summed E-state index contributed by atoms with van der Waals surface area (Å²) in [6.45, 7) is 12.6. The Morgan fingerprint density at radius 3 is 1.64 bits per heavy atom. The molecule has 296 valence electrons. The van der Waals surface area contributed by atoms with Gasteiger partial charge in [0.05, 0.1) is 39.3 Å². The molecule has 5 heterocycles. The molecule has 56 heavy (non-hydrogen) atoms. The van der Waals surface area contributed by atoms with Gasteiger partial charge in [-0.05, 0) is 136 Å². The molecule has 7 rings (SSSR count). The molecule has 12 nitrogen and oxygen atoms in total. The van der Waals surface area contributed by atoms with Crippen LogP contribution in [0.2, 0.25) is 0 Å². The smallest absolute Gasteiger partial charge is 0.309 e. The van der Waals surface area contributed by atoms with Gasteiger partial charge in [0.15, 0.2) is 0 Å². The molecule has 8 bridgehead atoms. The average Bonchev–Trinajstić information content (AvgIpc) is 4.04. The monoisotopic (exact) mass is 764 g/mol. The molecule has 4 aromatic heterocycles. The number of nitrogens with one attached hydrogen (secondary N) is 4. The van der Waals surface area contributed by atoms with E-state index in [1.165, 1.54) is 14.2 Å². The van der Waals surface area contributed by atoms with Gasteiger partial charge in [-0.15, -0.1) is 0 Å². The molecule has 0 aromatic carbocycles. The number of carbonyl (C=O) groups excluding carboxylic acids is 4. The van der Waals surface area contributed by atoms with Crippen LogP contribution in [0, 0.1) is 39.5 Å². The Labute approximate surface area is 325 Å². The van der Waals surface area contributed by atoms with Crippen molar-refractivity contribution in [2.24, 2.45) is 11.8 Å². The summed E-state index contributed by atoms with van der Waals surface area (Å²) in [5.41, 5.74) is 11.7. The Hall–Kier alpha value is -5.52. The van der Waals surface area contributed by atoms with E-state index in [0.717, 1.165) is 88.7 Å². The van der Waals surface area contributed by atoms with Crippen LogP contribution in [-0.2, 0) is 51.0 Å². The first-order valence-corrected chi connectivity index (χ1v) is 19.6. The molecule has 2 saturated carbocycles. The molecule has 2 aliphatic carbocycles. The fraction of sp³-hybridized carbons (Fsp3) is 0.455. The number of esters is 4. The molecular formula is C44H52N4O8. The first-order valence-electron chi connectivity index (χ1n) is 19.6. The SMILES string of the molecule is CCOC(=O)[C@H]1C[C@H]1c1c2[nH]c(c1C)C=c1[nH]c(c(C)c1[C@H]1C[C@H]1C(=O)OCC)=Cc1[nH]c(c(CCC(=O)OC)c1C)C=c1[nH]c(c(C)c1CCC(=O)OC)=C2. The molecule has 0 amide bonds. The van der Waals surface area contributed by atoms with Gasteiger partial charge in [-0.1, -0.05) is 0 Å². The molecule has 12 heteroatoms. The quantitative estimate of drug-likeness (QED) is 0.111. The van der Waals surface area contributed by atoms with E-state index in [4.69, 9.17) is 18.9 Å². The Balaban J connectivity index is 1.51. The average molecular weight is 765 g/mol. The standard InChI is InChI=1S/C44H52N4O8/c1-9-55-43(51)29-15-27(29)41-23(5)33-17-31-21(3)25(11-13-39(49)53-7)35(45-31)20-36-26(12-14-40(50)54-8)22(4)32(46-36)18-37-42(28-16-30(28)44(52)56-10-2)24(6)34(48-37)19-38(41)47-33/h17-20,27-30,45-48H,9-16H2,1-8H3/t27-,28+,29+,30-/m0/s1. The van der Waals surface area contributed by atoms with Crippen molar-refractivity contribution in [2.75, 3.05) is 27.4 Å². The molecule has 2 fully saturated rings. The number of aromatic nitrogens is 4. The predicted molar refractivity (Wildman–Crippen MR) is 211 cm³/mol. The number of carbonyl (C=O) groups is 4. The van der Waals surface area contributed by atoms with Crippen LogP contribution in [-0.4, -0.2) is 71.2 Å². The number of hydrogen-bond donors (Lipinski definition) is 4. The maximum atomic E-state index is 13.0. The highest BCUT2D eigenvalue weighted by molar-refractivity contribution is 5.80. The summed E-state index contributed by atoms with van der Waals surface area (Å²) in [4.78, 5) is 65.5. The molecule has 4 N–H and O–H groups in total. The molecule has 4 atom stereocenters. The first kappa shape index (κ1) is 38.7. The van der Waals surface area contributed by atoms with Crippen molar-refractivity contribution in [2.45, 2.75) is 91.9 Å². The predicted octanol–water partition coefficient (Wildman–Crippen LogP) is 3.41. The number of rotatable bonds is 12. The lowest BCUT2D eigenvalue weighted by atomic mass is 10.0. The summed E-state index contributed by atoms with van der Waals surface area (Å²) in [6, 6.07) is 0. The normalized spacial score (nSPS) is 19.1. The third kappa shape index (κ3) is 7.29. The van der Waals surface area contributed by atoms with E-state index in [1.54, 1.807) is 0 Å². The topological polar surface area (TPSA) is 168 Å². The van der Waals surface area contributed by atoms with E-state index in [1.807, 2.05) is 27.7 Å². The summed E-state index contributed by atoms with van der Waals surface area (Å²) in [7, 11) is 2.79. The molecule has 0 unspecified atom stereocenters. The van der Waals surface area contributed by atoms with Gasteiger partial charge in [-0.2, -0.15) is 0 Å². The van der Waals surface area contributed by atoms with Crippen LogP contribution < -0.4 is 21.4 Å². The van der Waals surface area contributed by atoms with Crippen LogP contribution in [0.1, 0.15) is 119 Å². The van der Waals surface area contributed by atoms with E-state index < -0.39 is 0 Å². The molecule has 3 aliphatic rings. The zero-order valence-corrected chi connectivity index (χ0v) is 33.5. The Morgan fingerprint density at radius 2 is 1.04 bits per heavy atom. The number of fused-ring (bicyclic) bond motifs is 8. The van der Waals surface area contributed by atoms with Crippen molar-refractivity contribution in [1.29, 1.82) is 0 Å². The minimum absolute atomic E-state index is 0.00511. The number of methoxy groups -OCH3 is 2. The second kappa shape index (κ2) is 15.5. The van der Waals surface area contributed by atoms with E-state index in [-0.39, 0.29) is 60.4 Å². The highest BCUT2D eigenvalue weighted by Crippen LogP contribution is 2.51. The largest absolute Gasteiger partial charge is 0.469 e. The number of H-pyrrole nitrogens is 4. The highest BCUT2D eigenvalue weighted by atomic mass is 16.5. The number of hydrogen-bond acceptors (Lipinski definition) is 8. The Bertz CT molecular complexity index is 2490. The van der Waals surface area contributed by atoms with Crippen molar-refractivity contribution in [3.63, 3.8) is 0 Å². The second-order valence-electron chi connectivity index (χ2n) is 15.2. The van der Waals surface area contributed by atoms with Gasteiger partial charge < -0.3 is 38.9 Å². The van der Waals surface area contributed by atoms with Gasteiger partial charge in [-0.3, -0.25) is 19.2 Å². The lowest BCUT2D eigenvalue weighted by molar-refractivity contribution is -0.145. The van der Waals surface area contributed by atoms with Gasteiger partial charge in [0, 0.05) is 68.8 Å². The molecule has 4 aromatic rings. The van der Waals surface area contributed by atoms with Crippen LogP contribution in [0.15, 0.2) is 0 Å². The first-order chi connectivity index (χ1) is 26.9. The summed E-state index contributed by atoms with van der Waals surface area (Å²) in [5.74, 6) is -1.40. The van der Waals surface area contributed by atoms with Crippen molar-refractivity contribution >= 4 is 48.2 Å². The minimum Gasteiger partial charge on any atom is -0.469 e. The highest BCUT2D eigenvalue weighted by Gasteiger charge is 2.48. The van der Waals surface area contributed by atoms with Gasteiger partial charge in [0.2, 0.25) is 0 Å². The van der Waals surface area contributed by atoms with E-state index in [0.29, 0.717) is 38.9 Å². The van der Waals surface area contributed by atoms with Crippen LogP contribution in [0.5, 0.6) is 0 Å². The molecule has 0 saturated heterocycles. The maximum absolute atomic E-state index is 13.0. The summed E-state index contributed by atoms with van der Waals surface area (Å²) in [5, 5.41) is 3.51. The van der Waals surface area contributed by atoms with Gasteiger partial charge in [-0.25, -0.2) is 0 Å². The maximum Gasteiger partial charge on any atom is 0.309 e. The lowest BCUT2D eigenvalue weighted by Gasteiger charge is -2.04. The fourth-order valence-electron chi connectivity index (χ4n) is 8.60. The van der Waals surface area contributed by atoms with E-state index in [2.05, 4.69) is 58.1 Å². The summed E-state index contributed by atoms with van der Waals surface area (Å²) in [6.07, 6.45) is 11.1. The molecular weight excluding hydrogens is 713 g/mol. The van der Waals surface area contributed by atoms with Crippen molar-refractivity contribution in [3.05, 3.63) is 88.7 Å². The zero-order valence-electron chi connectivity index (χ0n) is 33.5. The van der Waals surface area contributed by atoms with Crippen LogP contribution >= 0.6 is 0 Å². The fourth-order valence-corrected chi connectivity index (χ4v) is 8.60. The van der Waals surface area contributed by atoms with Crippen molar-refractivity contribution in [1.82, 2.24) is 19.9 Å². The minimum atomic E-state index is -0.298. The summed E-state index contributed by atoms with van der Waals surface area (Å²) >= 11 is 0.